The molecule has 0 fully saturated rings. The Morgan fingerprint density at radius 3 is 2.03 bits per heavy atom. The van der Waals surface area contributed by atoms with Gasteiger partial charge in [-0.05, 0) is 35.1 Å². The van der Waals surface area contributed by atoms with Gasteiger partial charge in [-0.1, -0.05) is 48.5 Å². The number of hydrogen-bond acceptors (Lipinski definition) is 6. The Balaban J connectivity index is 1.40. The molecule has 0 radical (unpaired) electrons. The predicted octanol–water partition coefficient (Wildman–Crippen LogP) is 2.11. The van der Waals surface area contributed by atoms with E-state index in [9.17, 15) is 21.6 Å². The molecule has 11 heteroatoms. The van der Waals surface area contributed by atoms with Crippen molar-refractivity contribution in [2.75, 3.05) is 31.2 Å². The Morgan fingerprint density at radius 2 is 1.44 bits per heavy atom. The van der Waals surface area contributed by atoms with Gasteiger partial charge in [0.1, 0.15) is 6.61 Å². The third kappa shape index (κ3) is 6.76. The summed E-state index contributed by atoms with van der Waals surface area (Å²) in [4.78, 5) is 12.1. The van der Waals surface area contributed by atoms with Gasteiger partial charge in [-0.15, -0.1) is 0 Å². The second kappa shape index (κ2) is 10.4. The van der Waals surface area contributed by atoms with E-state index in [0.29, 0.717) is 0 Å². The fraction of sp³-hybridized carbons (Fsp3) is 0.381. The van der Waals surface area contributed by atoms with Crippen LogP contribution in [0.5, 0.6) is 0 Å². The molecule has 0 unspecified atom stereocenters. The average Bonchev–Trinajstić information content (AvgIpc) is 3.06. The number of rotatable bonds is 11. The largest absolute Gasteiger partial charge is 0.449 e. The maximum atomic E-state index is 12.1. The Kier molecular flexibility index (Phi) is 7.88. The molecule has 0 saturated heterocycles. The molecule has 2 aromatic carbocycles. The number of amides is 1. The third-order valence-corrected chi connectivity index (χ3v) is 7.38. The summed E-state index contributed by atoms with van der Waals surface area (Å²) in [7, 11) is -7.72. The van der Waals surface area contributed by atoms with Crippen molar-refractivity contribution < 1.29 is 30.9 Å². The monoisotopic (exact) mass is 482 g/mol. The van der Waals surface area contributed by atoms with Gasteiger partial charge in [-0.3, -0.25) is 4.55 Å². The van der Waals surface area contributed by atoms with Crippen molar-refractivity contribution in [3.63, 3.8) is 0 Å². The fourth-order valence-electron chi connectivity index (χ4n) is 3.66. The van der Waals surface area contributed by atoms with Crippen LogP contribution in [0.4, 0.5) is 4.79 Å². The Bertz CT molecular complexity index is 1120. The van der Waals surface area contributed by atoms with Gasteiger partial charge >= 0.3 is 6.09 Å². The van der Waals surface area contributed by atoms with Gasteiger partial charge in [0.05, 0.1) is 11.5 Å². The van der Waals surface area contributed by atoms with E-state index in [1.54, 1.807) is 0 Å². The minimum absolute atomic E-state index is 0.0317. The summed E-state index contributed by atoms with van der Waals surface area (Å²) in [5.74, 6) is -0.804. The molecule has 0 heterocycles. The number of hydrogen-bond donors (Lipinski definition) is 3. The molecule has 9 nitrogen and oxygen atoms in total. The lowest BCUT2D eigenvalue weighted by molar-refractivity contribution is 0.143. The van der Waals surface area contributed by atoms with Crippen molar-refractivity contribution in [2.24, 2.45) is 0 Å². The quantitative estimate of drug-likeness (QED) is 0.329. The standard InChI is InChI=1S/C21H26N2O7S2/c24-21(22-11-5-13-31(25,26)23-12-6-14-32(27,28)29)30-15-20-18-9-3-1-7-16(18)17-8-2-4-10-19(17)20/h1-4,7-10,20,23H,5-6,11-15H2,(H,22,24)(H,27,28,29). The van der Waals surface area contributed by atoms with E-state index in [0.717, 1.165) is 22.3 Å². The molecule has 0 bridgehead atoms. The maximum absolute atomic E-state index is 12.1. The summed E-state index contributed by atoms with van der Waals surface area (Å²) in [5.41, 5.74) is 4.47. The lowest BCUT2D eigenvalue weighted by Crippen LogP contribution is -2.32. The van der Waals surface area contributed by atoms with Crippen molar-refractivity contribution in [3.05, 3.63) is 59.7 Å². The molecule has 1 aliphatic rings. The van der Waals surface area contributed by atoms with Crippen LogP contribution in [0.15, 0.2) is 48.5 Å². The van der Waals surface area contributed by atoms with Gasteiger partial charge in [-0.25, -0.2) is 17.9 Å². The van der Waals surface area contributed by atoms with Gasteiger partial charge in [0.25, 0.3) is 10.1 Å². The van der Waals surface area contributed by atoms with Crippen LogP contribution in [0.3, 0.4) is 0 Å². The highest BCUT2D eigenvalue weighted by Crippen LogP contribution is 2.44. The summed E-state index contributed by atoms with van der Waals surface area (Å²) in [6.07, 6.45) is -0.487. The topological polar surface area (TPSA) is 139 Å². The van der Waals surface area contributed by atoms with Crippen molar-refractivity contribution in [2.45, 2.75) is 18.8 Å². The van der Waals surface area contributed by atoms with E-state index < -0.39 is 32.0 Å². The molecule has 2 aromatic rings. The zero-order chi connectivity index (χ0) is 23.2. The molecular weight excluding hydrogens is 456 g/mol. The Hall–Kier alpha value is -2.47. The molecule has 3 rings (SSSR count). The lowest BCUT2D eigenvalue weighted by atomic mass is 9.98. The molecule has 174 valence electrons. The van der Waals surface area contributed by atoms with Crippen LogP contribution < -0.4 is 10.0 Å². The first-order chi connectivity index (χ1) is 15.2. The van der Waals surface area contributed by atoms with Gasteiger partial charge < -0.3 is 10.1 Å². The van der Waals surface area contributed by atoms with E-state index in [1.807, 2.05) is 48.5 Å². The third-order valence-electron chi connectivity index (χ3n) is 5.10. The highest BCUT2D eigenvalue weighted by atomic mass is 32.2. The van der Waals surface area contributed by atoms with Crippen molar-refractivity contribution in [1.82, 2.24) is 10.0 Å². The average molecular weight is 483 g/mol. The lowest BCUT2D eigenvalue weighted by Gasteiger charge is -2.14. The number of alkyl carbamates (subject to hydrolysis) is 1. The van der Waals surface area contributed by atoms with Gasteiger partial charge in [0.2, 0.25) is 10.0 Å². The van der Waals surface area contributed by atoms with Crippen molar-refractivity contribution in [1.29, 1.82) is 0 Å². The van der Waals surface area contributed by atoms with E-state index in [-0.39, 0.29) is 44.2 Å². The fourth-order valence-corrected chi connectivity index (χ4v) is 5.29. The molecule has 0 saturated carbocycles. The summed E-state index contributed by atoms with van der Waals surface area (Å²) in [6.45, 7) is 0.192. The SMILES string of the molecule is O=C(NCCCS(=O)(=O)NCCCS(=O)(=O)O)OCC1c2ccccc2-c2ccccc21. The summed E-state index contributed by atoms with van der Waals surface area (Å²) >= 11 is 0. The number of nitrogens with one attached hydrogen (secondary N) is 2. The molecule has 1 amide bonds. The molecule has 0 aromatic heterocycles. The van der Waals surface area contributed by atoms with Crippen LogP contribution in [0.2, 0.25) is 0 Å². The van der Waals surface area contributed by atoms with Crippen molar-refractivity contribution >= 4 is 26.2 Å². The first kappa shape index (κ1) is 24.2. The Labute approximate surface area is 188 Å². The van der Waals surface area contributed by atoms with Crippen molar-refractivity contribution in [3.8, 4) is 11.1 Å². The highest BCUT2D eigenvalue weighted by molar-refractivity contribution is 7.89. The highest BCUT2D eigenvalue weighted by Gasteiger charge is 2.28. The van der Waals surface area contributed by atoms with Gasteiger partial charge in [-0.2, -0.15) is 8.42 Å². The van der Waals surface area contributed by atoms with E-state index in [4.69, 9.17) is 9.29 Å². The molecular formula is C21H26N2O7S2. The van der Waals surface area contributed by atoms with Gasteiger partial charge in [0, 0.05) is 19.0 Å². The van der Waals surface area contributed by atoms with Crippen LogP contribution in [-0.4, -0.2) is 58.7 Å². The summed E-state index contributed by atoms with van der Waals surface area (Å²) in [5, 5.41) is 2.55. The molecule has 0 atom stereocenters. The summed E-state index contributed by atoms with van der Waals surface area (Å²) < 4.78 is 61.2. The Morgan fingerprint density at radius 1 is 0.875 bits per heavy atom. The minimum atomic E-state index is -4.11. The van der Waals surface area contributed by atoms with Crippen LogP contribution >= 0.6 is 0 Å². The molecule has 1 aliphatic carbocycles. The zero-order valence-electron chi connectivity index (χ0n) is 17.4. The second-order valence-corrected chi connectivity index (χ2v) is 11.0. The number of carbonyl (C=O) groups excluding carboxylic acids is 1. The van der Waals surface area contributed by atoms with Gasteiger partial charge in [0.15, 0.2) is 0 Å². The van der Waals surface area contributed by atoms with E-state index in [1.165, 1.54) is 0 Å². The normalized spacial score (nSPS) is 13.4. The minimum Gasteiger partial charge on any atom is -0.449 e. The zero-order valence-corrected chi connectivity index (χ0v) is 19.0. The number of benzene rings is 2. The molecule has 3 N–H and O–H groups in total. The second-order valence-electron chi connectivity index (χ2n) is 7.46. The van der Waals surface area contributed by atoms with Crippen LogP contribution in [0.1, 0.15) is 29.9 Å². The maximum Gasteiger partial charge on any atom is 0.407 e. The number of carbonyl (C=O) groups is 1. The van der Waals surface area contributed by atoms with E-state index in [2.05, 4.69) is 10.0 Å². The van der Waals surface area contributed by atoms with Crippen LogP contribution in [0.25, 0.3) is 11.1 Å². The first-order valence-corrected chi connectivity index (χ1v) is 13.4. The smallest absolute Gasteiger partial charge is 0.407 e. The van der Waals surface area contributed by atoms with E-state index >= 15 is 0 Å². The number of fused-ring (bicyclic) bond motifs is 3. The molecule has 0 aliphatic heterocycles. The summed E-state index contributed by atoms with van der Waals surface area (Å²) in [6, 6.07) is 16.0. The van der Waals surface area contributed by atoms with Crippen LogP contribution in [-0.2, 0) is 24.9 Å². The first-order valence-electron chi connectivity index (χ1n) is 10.2. The molecule has 0 spiro atoms. The van der Waals surface area contributed by atoms with Crippen LogP contribution in [0, 0.1) is 0 Å². The number of sulfonamides is 1. The number of ether oxygens (including phenoxy) is 1. The predicted molar refractivity (Wildman–Crippen MR) is 121 cm³/mol. The molecule has 32 heavy (non-hydrogen) atoms.